The van der Waals surface area contributed by atoms with Gasteiger partial charge in [0, 0.05) is 12.0 Å². The third kappa shape index (κ3) is 2.16. The smallest absolute Gasteiger partial charge is 0.223 e. The minimum Gasteiger partial charge on any atom is -0.353 e. The summed E-state index contributed by atoms with van der Waals surface area (Å²) in [6.45, 7) is 0. The van der Waals surface area contributed by atoms with E-state index in [-0.39, 0.29) is 0 Å². The maximum Gasteiger partial charge on any atom is 0.223 e. The molecule has 0 aromatic heterocycles. The van der Waals surface area contributed by atoms with Crippen molar-refractivity contribution in [2.24, 2.45) is 5.92 Å². The lowest BCUT2D eigenvalue weighted by Gasteiger charge is -2.22. The highest BCUT2D eigenvalue weighted by molar-refractivity contribution is 7.99. The molecule has 2 rings (SSSR count). The molecular formula is C9H15NOS. The summed E-state index contributed by atoms with van der Waals surface area (Å²) in [5.41, 5.74) is 0. The average Bonchev–Trinajstić information content (AvgIpc) is 2.88. The first-order valence-electron chi connectivity index (χ1n) is 4.74. The second-order valence-corrected chi connectivity index (χ2v) is 4.89. The minimum atomic E-state index is 0.312. The Hall–Kier alpha value is -0.180. The van der Waals surface area contributed by atoms with Crippen molar-refractivity contribution in [2.45, 2.75) is 31.7 Å². The average molecular weight is 185 g/mol. The van der Waals surface area contributed by atoms with Crippen LogP contribution in [0.5, 0.6) is 0 Å². The SMILES string of the molecule is O=C(NC1CCSCC1)C1CC1. The summed E-state index contributed by atoms with van der Waals surface area (Å²) in [4.78, 5) is 11.4. The van der Waals surface area contributed by atoms with E-state index in [0.717, 1.165) is 12.8 Å². The number of thioether (sulfide) groups is 1. The van der Waals surface area contributed by atoms with Gasteiger partial charge in [0.15, 0.2) is 0 Å². The normalized spacial score (nSPS) is 25.3. The molecule has 0 aromatic carbocycles. The van der Waals surface area contributed by atoms with Gasteiger partial charge in [-0.3, -0.25) is 4.79 Å². The quantitative estimate of drug-likeness (QED) is 0.704. The van der Waals surface area contributed by atoms with Gasteiger partial charge in [-0.25, -0.2) is 0 Å². The van der Waals surface area contributed by atoms with Crippen LogP contribution in [0.4, 0.5) is 0 Å². The molecule has 0 unspecified atom stereocenters. The van der Waals surface area contributed by atoms with Crippen LogP contribution in [-0.2, 0) is 4.79 Å². The molecule has 1 aliphatic carbocycles. The predicted octanol–water partition coefficient (Wildman–Crippen LogP) is 1.41. The van der Waals surface area contributed by atoms with Crippen LogP contribution in [0.1, 0.15) is 25.7 Å². The summed E-state index contributed by atoms with van der Waals surface area (Å²) in [5.74, 6) is 3.12. The number of amides is 1. The molecular weight excluding hydrogens is 170 g/mol. The van der Waals surface area contributed by atoms with Crippen LogP contribution < -0.4 is 5.32 Å². The topological polar surface area (TPSA) is 29.1 Å². The van der Waals surface area contributed by atoms with E-state index in [1.54, 1.807) is 0 Å². The molecule has 0 radical (unpaired) electrons. The van der Waals surface area contributed by atoms with Crippen molar-refractivity contribution in [3.05, 3.63) is 0 Å². The molecule has 1 N–H and O–H groups in total. The number of nitrogens with one attached hydrogen (secondary N) is 1. The molecule has 1 amide bonds. The minimum absolute atomic E-state index is 0.312. The molecule has 1 aliphatic heterocycles. The monoisotopic (exact) mass is 185 g/mol. The van der Waals surface area contributed by atoms with Gasteiger partial charge >= 0.3 is 0 Å². The van der Waals surface area contributed by atoms with Gasteiger partial charge in [0.2, 0.25) is 5.91 Å². The summed E-state index contributed by atoms with van der Waals surface area (Å²) in [7, 11) is 0. The zero-order chi connectivity index (χ0) is 8.39. The van der Waals surface area contributed by atoms with E-state index < -0.39 is 0 Å². The third-order valence-corrected chi connectivity index (χ3v) is 3.56. The predicted molar refractivity (Wildman–Crippen MR) is 51.2 cm³/mol. The Labute approximate surface area is 77.5 Å². The number of rotatable bonds is 2. The molecule has 12 heavy (non-hydrogen) atoms. The largest absolute Gasteiger partial charge is 0.353 e. The fraction of sp³-hybridized carbons (Fsp3) is 0.889. The molecule has 1 heterocycles. The van der Waals surface area contributed by atoms with Gasteiger partial charge < -0.3 is 5.32 Å². The second kappa shape index (κ2) is 3.69. The lowest BCUT2D eigenvalue weighted by atomic mass is 10.1. The fourth-order valence-electron chi connectivity index (χ4n) is 1.51. The number of carbonyl (C=O) groups excluding carboxylic acids is 1. The van der Waals surface area contributed by atoms with E-state index in [1.807, 2.05) is 11.8 Å². The van der Waals surface area contributed by atoms with E-state index in [2.05, 4.69) is 5.32 Å². The van der Waals surface area contributed by atoms with E-state index in [1.165, 1.54) is 24.3 Å². The van der Waals surface area contributed by atoms with Crippen LogP contribution in [0, 0.1) is 5.92 Å². The van der Waals surface area contributed by atoms with Crippen molar-refractivity contribution < 1.29 is 4.79 Å². The van der Waals surface area contributed by atoms with E-state index in [4.69, 9.17) is 0 Å². The van der Waals surface area contributed by atoms with Gasteiger partial charge in [-0.05, 0) is 37.2 Å². The molecule has 0 atom stereocenters. The Morgan fingerprint density at radius 2 is 1.83 bits per heavy atom. The molecule has 2 nitrogen and oxygen atoms in total. The first-order chi connectivity index (χ1) is 5.86. The van der Waals surface area contributed by atoms with Crippen LogP contribution in [0.2, 0.25) is 0 Å². The first kappa shape index (κ1) is 8.42. The molecule has 0 bridgehead atoms. The molecule has 0 aromatic rings. The zero-order valence-corrected chi connectivity index (χ0v) is 8.03. The van der Waals surface area contributed by atoms with E-state index >= 15 is 0 Å². The summed E-state index contributed by atoms with van der Waals surface area (Å²) in [5, 5.41) is 3.13. The number of hydrogen-bond acceptors (Lipinski definition) is 2. The van der Waals surface area contributed by atoms with Crippen molar-refractivity contribution in [3.63, 3.8) is 0 Å². The highest BCUT2D eigenvalue weighted by Crippen LogP contribution is 2.29. The summed E-state index contributed by atoms with van der Waals surface area (Å²) < 4.78 is 0. The molecule has 2 fully saturated rings. The molecule has 2 aliphatic rings. The van der Waals surface area contributed by atoms with Gasteiger partial charge in [-0.1, -0.05) is 0 Å². The maximum absolute atomic E-state index is 11.4. The first-order valence-corrected chi connectivity index (χ1v) is 5.90. The Bertz CT molecular complexity index is 173. The summed E-state index contributed by atoms with van der Waals surface area (Å²) in [6.07, 6.45) is 4.58. The standard InChI is InChI=1S/C9H15NOS/c11-9(7-1-2-7)10-8-3-5-12-6-4-8/h7-8H,1-6H2,(H,10,11). The Morgan fingerprint density at radius 3 is 2.42 bits per heavy atom. The summed E-state index contributed by atoms with van der Waals surface area (Å²) in [6, 6.07) is 0.486. The van der Waals surface area contributed by atoms with Crippen LogP contribution >= 0.6 is 11.8 Å². The van der Waals surface area contributed by atoms with Gasteiger partial charge in [0.05, 0.1) is 0 Å². The van der Waals surface area contributed by atoms with Crippen molar-refractivity contribution in [3.8, 4) is 0 Å². The van der Waals surface area contributed by atoms with Crippen LogP contribution in [0.3, 0.4) is 0 Å². The van der Waals surface area contributed by atoms with Crippen molar-refractivity contribution in [1.82, 2.24) is 5.32 Å². The van der Waals surface area contributed by atoms with Gasteiger partial charge in [-0.15, -0.1) is 0 Å². The Balaban J connectivity index is 1.73. The van der Waals surface area contributed by atoms with E-state index in [9.17, 15) is 4.79 Å². The highest BCUT2D eigenvalue weighted by Gasteiger charge is 2.31. The molecule has 1 saturated carbocycles. The number of carbonyl (C=O) groups is 1. The van der Waals surface area contributed by atoms with Crippen molar-refractivity contribution in [1.29, 1.82) is 0 Å². The Kier molecular flexibility index (Phi) is 2.59. The van der Waals surface area contributed by atoms with Gasteiger partial charge in [0.1, 0.15) is 0 Å². The van der Waals surface area contributed by atoms with Crippen LogP contribution in [0.25, 0.3) is 0 Å². The van der Waals surface area contributed by atoms with Gasteiger partial charge in [-0.2, -0.15) is 11.8 Å². The molecule has 0 spiro atoms. The maximum atomic E-state index is 11.4. The van der Waals surface area contributed by atoms with Crippen molar-refractivity contribution in [2.75, 3.05) is 11.5 Å². The van der Waals surface area contributed by atoms with Crippen LogP contribution in [-0.4, -0.2) is 23.5 Å². The Morgan fingerprint density at radius 1 is 1.17 bits per heavy atom. The molecule has 1 saturated heterocycles. The molecule has 68 valence electrons. The van der Waals surface area contributed by atoms with E-state index in [0.29, 0.717) is 17.9 Å². The summed E-state index contributed by atoms with van der Waals surface area (Å²) >= 11 is 2.00. The highest BCUT2D eigenvalue weighted by atomic mass is 32.2. The lowest BCUT2D eigenvalue weighted by Crippen LogP contribution is -2.38. The van der Waals surface area contributed by atoms with Crippen LogP contribution in [0.15, 0.2) is 0 Å². The second-order valence-electron chi connectivity index (χ2n) is 3.67. The molecule has 3 heteroatoms. The van der Waals surface area contributed by atoms with Crippen molar-refractivity contribution >= 4 is 17.7 Å². The third-order valence-electron chi connectivity index (χ3n) is 2.52. The van der Waals surface area contributed by atoms with Gasteiger partial charge in [0.25, 0.3) is 0 Å². The number of hydrogen-bond donors (Lipinski definition) is 1. The fourth-order valence-corrected chi connectivity index (χ4v) is 2.61. The zero-order valence-electron chi connectivity index (χ0n) is 7.21. The lowest BCUT2D eigenvalue weighted by molar-refractivity contribution is -0.123.